The Morgan fingerprint density at radius 1 is 1.30 bits per heavy atom. The van der Waals surface area contributed by atoms with Crippen molar-refractivity contribution in [3.05, 3.63) is 29.8 Å². The molecule has 20 heavy (non-hydrogen) atoms. The quantitative estimate of drug-likeness (QED) is 0.868. The SMILES string of the molecule is CSc1ccc(CN(C)C(=O)C2CCCCC2N)cc1. The van der Waals surface area contributed by atoms with Crippen LogP contribution in [0.15, 0.2) is 29.2 Å². The van der Waals surface area contributed by atoms with Gasteiger partial charge in [-0.2, -0.15) is 0 Å². The van der Waals surface area contributed by atoms with Crippen LogP contribution in [0.2, 0.25) is 0 Å². The van der Waals surface area contributed by atoms with Gasteiger partial charge in [0.1, 0.15) is 0 Å². The van der Waals surface area contributed by atoms with Crippen molar-refractivity contribution < 1.29 is 4.79 Å². The maximum absolute atomic E-state index is 12.5. The minimum absolute atomic E-state index is 0.0132. The molecule has 0 aliphatic heterocycles. The molecular weight excluding hydrogens is 268 g/mol. The largest absolute Gasteiger partial charge is 0.341 e. The van der Waals surface area contributed by atoms with Crippen LogP contribution >= 0.6 is 11.8 Å². The van der Waals surface area contributed by atoms with E-state index in [0.29, 0.717) is 6.54 Å². The Kier molecular flexibility index (Phi) is 5.49. The zero-order valence-corrected chi connectivity index (χ0v) is 13.2. The molecule has 3 nitrogen and oxygen atoms in total. The van der Waals surface area contributed by atoms with Crippen LogP contribution in [0.4, 0.5) is 0 Å². The average molecular weight is 292 g/mol. The van der Waals surface area contributed by atoms with Crippen molar-refractivity contribution in [3.8, 4) is 0 Å². The molecule has 1 aliphatic carbocycles. The summed E-state index contributed by atoms with van der Waals surface area (Å²) in [5.74, 6) is 0.213. The van der Waals surface area contributed by atoms with Gasteiger partial charge in [-0.05, 0) is 36.8 Å². The van der Waals surface area contributed by atoms with Crippen LogP contribution in [0, 0.1) is 5.92 Å². The first kappa shape index (κ1) is 15.4. The first-order chi connectivity index (χ1) is 9.61. The zero-order valence-electron chi connectivity index (χ0n) is 12.3. The predicted molar refractivity (Wildman–Crippen MR) is 84.6 cm³/mol. The molecule has 0 spiro atoms. The van der Waals surface area contributed by atoms with Gasteiger partial charge in [0.25, 0.3) is 0 Å². The molecule has 0 saturated heterocycles. The molecule has 2 atom stereocenters. The number of nitrogens with two attached hydrogens (primary N) is 1. The Hall–Kier alpha value is -1.00. The molecule has 110 valence electrons. The van der Waals surface area contributed by atoms with Crippen molar-refractivity contribution in [2.75, 3.05) is 13.3 Å². The van der Waals surface area contributed by atoms with E-state index in [-0.39, 0.29) is 17.9 Å². The van der Waals surface area contributed by atoms with Crippen LogP contribution in [-0.4, -0.2) is 30.2 Å². The normalized spacial score (nSPS) is 22.6. The third kappa shape index (κ3) is 3.76. The second-order valence-electron chi connectivity index (χ2n) is 5.60. The highest BCUT2D eigenvalue weighted by Gasteiger charge is 2.30. The standard InChI is InChI=1S/C16H24N2OS/c1-18(11-12-7-9-13(20-2)10-8-12)16(19)14-5-3-4-6-15(14)17/h7-10,14-15H,3-6,11,17H2,1-2H3. The highest BCUT2D eigenvalue weighted by molar-refractivity contribution is 7.98. The van der Waals surface area contributed by atoms with Crippen molar-refractivity contribution in [3.63, 3.8) is 0 Å². The minimum atomic E-state index is 0.0132. The van der Waals surface area contributed by atoms with Gasteiger partial charge in [-0.3, -0.25) is 4.79 Å². The summed E-state index contributed by atoms with van der Waals surface area (Å²) in [5, 5.41) is 0. The van der Waals surface area contributed by atoms with Gasteiger partial charge in [0.05, 0.1) is 5.92 Å². The molecule has 1 amide bonds. The van der Waals surface area contributed by atoms with Gasteiger partial charge in [0.2, 0.25) is 5.91 Å². The van der Waals surface area contributed by atoms with E-state index in [1.807, 2.05) is 11.9 Å². The lowest BCUT2D eigenvalue weighted by Gasteiger charge is -2.31. The Labute approximate surface area is 125 Å². The Morgan fingerprint density at radius 3 is 2.55 bits per heavy atom. The predicted octanol–water partition coefficient (Wildman–Crippen LogP) is 2.88. The van der Waals surface area contributed by atoms with Gasteiger partial charge in [-0.1, -0.05) is 25.0 Å². The molecule has 0 bridgehead atoms. The number of carbonyl (C=O) groups excluding carboxylic acids is 1. The van der Waals surface area contributed by atoms with Crippen molar-refractivity contribution in [2.45, 2.75) is 43.2 Å². The molecule has 1 saturated carbocycles. The van der Waals surface area contributed by atoms with Crippen LogP contribution in [0.3, 0.4) is 0 Å². The first-order valence-corrected chi connectivity index (χ1v) is 8.48. The highest BCUT2D eigenvalue weighted by atomic mass is 32.2. The Balaban J connectivity index is 1.95. The number of hydrogen-bond donors (Lipinski definition) is 1. The van der Waals surface area contributed by atoms with Crippen molar-refractivity contribution in [1.29, 1.82) is 0 Å². The maximum Gasteiger partial charge on any atom is 0.227 e. The minimum Gasteiger partial charge on any atom is -0.341 e. The first-order valence-electron chi connectivity index (χ1n) is 7.25. The maximum atomic E-state index is 12.5. The summed E-state index contributed by atoms with van der Waals surface area (Å²) in [5.41, 5.74) is 7.27. The summed E-state index contributed by atoms with van der Waals surface area (Å²) >= 11 is 1.73. The highest BCUT2D eigenvalue weighted by Crippen LogP contribution is 2.25. The van der Waals surface area contributed by atoms with E-state index >= 15 is 0 Å². The van der Waals surface area contributed by atoms with Gasteiger partial charge >= 0.3 is 0 Å². The fourth-order valence-electron chi connectivity index (χ4n) is 2.83. The summed E-state index contributed by atoms with van der Waals surface area (Å²) in [6, 6.07) is 8.43. The van der Waals surface area contributed by atoms with Crippen molar-refractivity contribution >= 4 is 17.7 Å². The lowest BCUT2D eigenvalue weighted by Crippen LogP contribution is -2.44. The smallest absolute Gasteiger partial charge is 0.227 e. The monoisotopic (exact) mass is 292 g/mol. The van der Waals surface area contributed by atoms with E-state index in [9.17, 15) is 4.79 Å². The molecule has 4 heteroatoms. The van der Waals surface area contributed by atoms with Crippen LogP contribution in [0.5, 0.6) is 0 Å². The number of hydrogen-bond acceptors (Lipinski definition) is 3. The molecule has 1 aromatic carbocycles. The summed E-state index contributed by atoms with van der Waals surface area (Å²) in [6.45, 7) is 0.663. The number of amides is 1. The number of thioether (sulfide) groups is 1. The van der Waals surface area contributed by atoms with E-state index in [1.54, 1.807) is 11.8 Å². The van der Waals surface area contributed by atoms with Gasteiger partial charge in [0, 0.05) is 24.5 Å². The van der Waals surface area contributed by atoms with Crippen molar-refractivity contribution in [2.24, 2.45) is 11.7 Å². The topological polar surface area (TPSA) is 46.3 Å². The summed E-state index contributed by atoms with van der Waals surface area (Å²) in [6.07, 6.45) is 6.27. The zero-order chi connectivity index (χ0) is 14.5. The van der Waals surface area contributed by atoms with Crippen LogP contribution in [0.25, 0.3) is 0 Å². The van der Waals surface area contributed by atoms with Crippen LogP contribution < -0.4 is 5.73 Å². The third-order valence-electron chi connectivity index (χ3n) is 4.09. The summed E-state index contributed by atoms with van der Waals surface area (Å²) in [4.78, 5) is 15.5. The summed E-state index contributed by atoms with van der Waals surface area (Å²) < 4.78 is 0. The number of carbonyl (C=O) groups is 1. The molecule has 2 rings (SSSR count). The fraction of sp³-hybridized carbons (Fsp3) is 0.562. The molecule has 1 aromatic rings. The Morgan fingerprint density at radius 2 is 1.95 bits per heavy atom. The number of nitrogens with zero attached hydrogens (tertiary/aromatic N) is 1. The number of benzene rings is 1. The second kappa shape index (κ2) is 7.14. The fourth-order valence-corrected chi connectivity index (χ4v) is 3.24. The second-order valence-corrected chi connectivity index (χ2v) is 6.48. The molecule has 1 aliphatic rings. The van der Waals surface area contributed by atoms with Gasteiger partial charge in [0.15, 0.2) is 0 Å². The lowest BCUT2D eigenvalue weighted by atomic mass is 9.84. The van der Waals surface area contributed by atoms with Crippen molar-refractivity contribution in [1.82, 2.24) is 4.90 Å². The van der Waals surface area contributed by atoms with E-state index < -0.39 is 0 Å². The molecule has 0 radical (unpaired) electrons. The molecule has 2 unspecified atom stereocenters. The molecule has 0 aromatic heterocycles. The Bertz CT molecular complexity index is 446. The van der Waals surface area contributed by atoms with E-state index in [2.05, 4.69) is 30.5 Å². The molecule has 2 N–H and O–H groups in total. The van der Waals surface area contributed by atoms with E-state index in [1.165, 1.54) is 10.5 Å². The van der Waals surface area contributed by atoms with Gasteiger partial charge in [-0.15, -0.1) is 11.8 Å². The third-order valence-corrected chi connectivity index (χ3v) is 4.84. The summed E-state index contributed by atoms with van der Waals surface area (Å²) in [7, 11) is 1.88. The average Bonchev–Trinajstić information content (AvgIpc) is 2.48. The number of rotatable bonds is 4. The lowest BCUT2D eigenvalue weighted by molar-refractivity contribution is -0.136. The van der Waals surface area contributed by atoms with Crippen LogP contribution in [-0.2, 0) is 11.3 Å². The molecular formula is C16H24N2OS. The van der Waals surface area contributed by atoms with Gasteiger partial charge in [-0.25, -0.2) is 0 Å². The molecule has 0 heterocycles. The van der Waals surface area contributed by atoms with Crippen LogP contribution in [0.1, 0.15) is 31.2 Å². The van der Waals surface area contributed by atoms with E-state index in [4.69, 9.17) is 5.73 Å². The molecule has 1 fully saturated rings. The van der Waals surface area contributed by atoms with Gasteiger partial charge < -0.3 is 10.6 Å². The van der Waals surface area contributed by atoms with E-state index in [0.717, 1.165) is 25.7 Å².